The zero-order chi connectivity index (χ0) is 12.8. The lowest BCUT2D eigenvalue weighted by molar-refractivity contribution is -0.197. The SMILES string of the molecule is O=C(CCOc1cccc(Cl)c1)N1CCCCO1. The van der Waals surface area contributed by atoms with Gasteiger partial charge in [-0.1, -0.05) is 17.7 Å². The van der Waals surface area contributed by atoms with Crippen LogP contribution < -0.4 is 4.74 Å². The Bertz CT molecular complexity index is 405. The highest BCUT2D eigenvalue weighted by atomic mass is 35.5. The van der Waals surface area contributed by atoms with E-state index in [1.165, 1.54) is 5.06 Å². The predicted octanol–water partition coefficient (Wildman–Crippen LogP) is 2.66. The topological polar surface area (TPSA) is 38.8 Å². The molecular weight excluding hydrogens is 254 g/mol. The Morgan fingerprint density at radius 3 is 3.06 bits per heavy atom. The molecule has 98 valence electrons. The van der Waals surface area contributed by atoms with Gasteiger partial charge in [-0.05, 0) is 31.0 Å². The van der Waals surface area contributed by atoms with Crippen LogP contribution >= 0.6 is 11.6 Å². The summed E-state index contributed by atoms with van der Waals surface area (Å²) in [5.41, 5.74) is 0. The molecule has 1 amide bonds. The maximum Gasteiger partial charge on any atom is 0.249 e. The molecule has 1 aliphatic heterocycles. The van der Waals surface area contributed by atoms with E-state index in [-0.39, 0.29) is 5.91 Å². The van der Waals surface area contributed by atoms with Gasteiger partial charge in [0.1, 0.15) is 5.75 Å². The van der Waals surface area contributed by atoms with Crippen LogP contribution in [0.5, 0.6) is 5.75 Å². The number of hydrogen-bond donors (Lipinski definition) is 0. The summed E-state index contributed by atoms with van der Waals surface area (Å²) in [6.45, 7) is 1.63. The van der Waals surface area contributed by atoms with Gasteiger partial charge in [-0.15, -0.1) is 0 Å². The molecule has 1 aliphatic rings. The fourth-order valence-electron chi connectivity index (χ4n) is 1.73. The van der Waals surface area contributed by atoms with Crippen molar-refractivity contribution in [2.45, 2.75) is 19.3 Å². The first-order valence-electron chi connectivity index (χ1n) is 6.07. The summed E-state index contributed by atoms with van der Waals surface area (Å²) in [5.74, 6) is 0.645. The van der Waals surface area contributed by atoms with Crippen LogP contribution in [0.4, 0.5) is 0 Å². The van der Waals surface area contributed by atoms with Gasteiger partial charge in [-0.25, -0.2) is 5.06 Å². The van der Waals surface area contributed by atoms with E-state index < -0.39 is 0 Å². The van der Waals surface area contributed by atoms with E-state index in [0.717, 1.165) is 12.8 Å². The van der Waals surface area contributed by atoms with Crippen molar-refractivity contribution in [3.05, 3.63) is 29.3 Å². The standard InChI is InChI=1S/C13H16ClNO3/c14-11-4-3-5-12(10-11)17-9-6-13(16)15-7-1-2-8-18-15/h3-5,10H,1-2,6-9H2. The van der Waals surface area contributed by atoms with Crippen LogP contribution in [0.25, 0.3) is 0 Å². The fourth-order valence-corrected chi connectivity index (χ4v) is 1.91. The number of benzene rings is 1. The number of rotatable bonds is 4. The third-order valence-electron chi connectivity index (χ3n) is 2.66. The molecular formula is C13H16ClNO3. The minimum absolute atomic E-state index is 0.0308. The van der Waals surface area contributed by atoms with E-state index in [1.54, 1.807) is 12.1 Å². The first kappa shape index (κ1) is 13.2. The van der Waals surface area contributed by atoms with Crippen LogP contribution in [-0.4, -0.2) is 30.7 Å². The Kier molecular flexibility index (Phi) is 4.84. The van der Waals surface area contributed by atoms with Crippen molar-refractivity contribution in [3.63, 3.8) is 0 Å². The van der Waals surface area contributed by atoms with Gasteiger partial charge in [0.05, 0.1) is 19.6 Å². The zero-order valence-corrected chi connectivity index (χ0v) is 10.9. The molecule has 5 heteroatoms. The summed E-state index contributed by atoms with van der Waals surface area (Å²) < 4.78 is 5.46. The summed E-state index contributed by atoms with van der Waals surface area (Å²) in [4.78, 5) is 17.0. The highest BCUT2D eigenvalue weighted by Crippen LogP contribution is 2.17. The molecule has 1 heterocycles. The van der Waals surface area contributed by atoms with Crippen LogP contribution in [-0.2, 0) is 9.63 Å². The molecule has 4 nitrogen and oxygen atoms in total. The van der Waals surface area contributed by atoms with Gasteiger partial charge in [-0.3, -0.25) is 9.63 Å². The first-order valence-corrected chi connectivity index (χ1v) is 6.45. The maximum atomic E-state index is 11.8. The summed E-state index contributed by atoms with van der Waals surface area (Å²) in [6.07, 6.45) is 2.33. The summed E-state index contributed by atoms with van der Waals surface area (Å²) in [6, 6.07) is 7.13. The van der Waals surface area contributed by atoms with E-state index in [1.807, 2.05) is 12.1 Å². The lowest BCUT2D eigenvalue weighted by Gasteiger charge is -2.25. The van der Waals surface area contributed by atoms with E-state index in [4.69, 9.17) is 21.2 Å². The largest absolute Gasteiger partial charge is 0.493 e. The Balaban J connectivity index is 1.73. The number of halogens is 1. The molecule has 1 aromatic rings. The van der Waals surface area contributed by atoms with Crippen molar-refractivity contribution in [3.8, 4) is 5.75 Å². The zero-order valence-electron chi connectivity index (χ0n) is 10.1. The molecule has 0 atom stereocenters. The third kappa shape index (κ3) is 3.89. The Labute approximate surface area is 111 Å². The highest BCUT2D eigenvalue weighted by Gasteiger charge is 2.17. The monoisotopic (exact) mass is 269 g/mol. The minimum atomic E-state index is -0.0308. The normalized spacial score (nSPS) is 15.5. The number of hydroxylamine groups is 2. The lowest BCUT2D eigenvalue weighted by atomic mass is 10.3. The number of amides is 1. The average Bonchev–Trinajstić information content (AvgIpc) is 2.40. The van der Waals surface area contributed by atoms with E-state index in [0.29, 0.717) is 37.0 Å². The van der Waals surface area contributed by atoms with Gasteiger partial charge in [0.25, 0.3) is 0 Å². The van der Waals surface area contributed by atoms with Crippen LogP contribution in [0.3, 0.4) is 0 Å². The van der Waals surface area contributed by atoms with E-state index >= 15 is 0 Å². The number of carbonyl (C=O) groups excluding carboxylic acids is 1. The van der Waals surface area contributed by atoms with E-state index in [2.05, 4.69) is 0 Å². The number of nitrogens with zero attached hydrogens (tertiary/aromatic N) is 1. The Morgan fingerprint density at radius 2 is 2.33 bits per heavy atom. The van der Waals surface area contributed by atoms with Gasteiger partial charge in [0, 0.05) is 11.6 Å². The molecule has 0 radical (unpaired) electrons. The molecule has 18 heavy (non-hydrogen) atoms. The van der Waals surface area contributed by atoms with Crippen molar-refractivity contribution in [1.29, 1.82) is 0 Å². The second-order valence-corrected chi connectivity index (χ2v) is 4.53. The summed E-state index contributed by atoms with van der Waals surface area (Å²) in [7, 11) is 0. The highest BCUT2D eigenvalue weighted by molar-refractivity contribution is 6.30. The molecule has 0 unspecified atom stereocenters. The molecule has 0 spiro atoms. The number of ether oxygens (including phenoxy) is 1. The first-order chi connectivity index (χ1) is 8.75. The molecule has 1 aromatic carbocycles. The smallest absolute Gasteiger partial charge is 0.249 e. The second-order valence-electron chi connectivity index (χ2n) is 4.09. The van der Waals surface area contributed by atoms with Crippen molar-refractivity contribution in [1.82, 2.24) is 5.06 Å². The molecule has 1 saturated heterocycles. The predicted molar refractivity (Wildman–Crippen MR) is 68.5 cm³/mol. The van der Waals surface area contributed by atoms with Crippen molar-refractivity contribution in [2.24, 2.45) is 0 Å². The molecule has 1 fully saturated rings. The molecule has 2 rings (SSSR count). The quantitative estimate of drug-likeness (QED) is 0.844. The van der Waals surface area contributed by atoms with Crippen LogP contribution in [0, 0.1) is 0 Å². The van der Waals surface area contributed by atoms with Crippen molar-refractivity contribution in [2.75, 3.05) is 19.8 Å². The van der Waals surface area contributed by atoms with E-state index in [9.17, 15) is 4.79 Å². The average molecular weight is 270 g/mol. The van der Waals surface area contributed by atoms with Crippen molar-refractivity contribution >= 4 is 17.5 Å². The fraction of sp³-hybridized carbons (Fsp3) is 0.462. The van der Waals surface area contributed by atoms with Crippen LogP contribution in [0.15, 0.2) is 24.3 Å². The molecule has 0 N–H and O–H groups in total. The second kappa shape index (κ2) is 6.61. The summed E-state index contributed by atoms with van der Waals surface area (Å²) >= 11 is 5.83. The Morgan fingerprint density at radius 1 is 1.44 bits per heavy atom. The molecule has 0 aliphatic carbocycles. The lowest BCUT2D eigenvalue weighted by Crippen LogP contribution is -2.36. The number of hydrogen-bond acceptors (Lipinski definition) is 3. The van der Waals surface area contributed by atoms with Gasteiger partial charge in [0.15, 0.2) is 0 Å². The van der Waals surface area contributed by atoms with Gasteiger partial charge in [-0.2, -0.15) is 0 Å². The van der Waals surface area contributed by atoms with Crippen LogP contribution in [0.2, 0.25) is 5.02 Å². The third-order valence-corrected chi connectivity index (χ3v) is 2.90. The summed E-state index contributed by atoms with van der Waals surface area (Å²) in [5, 5.41) is 2.06. The van der Waals surface area contributed by atoms with Crippen molar-refractivity contribution < 1.29 is 14.4 Å². The maximum absolute atomic E-state index is 11.8. The molecule has 0 aromatic heterocycles. The number of carbonyl (C=O) groups is 1. The van der Waals surface area contributed by atoms with Gasteiger partial charge in [0.2, 0.25) is 5.91 Å². The van der Waals surface area contributed by atoms with Gasteiger partial charge >= 0.3 is 0 Å². The Hall–Kier alpha value is -1.26. The van der Waals surface area contributed by atoms with Gasteiger partial charge < -0.3 is 4.74 Å². The molecule has 0 saturated carbocycles. The molecule has 0 bridgehead atoms. The van der Waals surface area contributed by atoms with Crippen LogP contribution in [0.1, 0.15) is 19.3 Å². The minimum Gasteiger partial charge on any atom is -0.493 e.